The number of likely N-dealkylation sites (N-methyl/N-ethyl adjacent to an activating group) is 1. The van der Waals surface area contributed by atoms with Crippen molar-refractivity contribution in [3.63, 3.8) is 0 Å². The summed E-state index contributed by atoms with van der Waals surface area (Å²) in [5, 5.41) is 0. The fourth-order valence-electron chi connectivity index (χ4n) is 3.59. The first-order valence-corrected chi connectivity index (χ1v) is 8.12. The number of carbonyl (C=O) groups excluding carboxylic acids is 1. The second kappa shape index (κ2) is 5.58. The van der Waals surface area contributed by atoms with Gasteiger partial charge in [-0.1, -0.05) is 12.1 Å². The largest absolute Gasteiger partial charge is 0.496 e. The molecule has 3 rings (SSSR count). The number of ether oxygens (including phenoxy) is 1. The lowest BCUT2D eigenvalue weighted by molar-refractivity contribution is -0.138. The maximum atomic E-state index is 13.2. The molecule has 1 aromatic rings. The summed E-state index contributed by atoms with van der Waals surface area (Å²) in [4.78, 5) is 17.5. The van der Waals surface area contributed by atoms with Crippen molar-refractivity contribution in [3.05, 3.63) is 29.3 Å². The number of rotatable bonds is 3. The standard InChI is InChI=1S/C18H26N2O2/c1-13-5-6-15(11-16(13)22-4)18(7-8-18)17(21)20-10-9-19(3)12-14(20)2/h5-6,11,14H,7-10,12H2,1-4H3/t14-/m1/s1. The zero-order valence-electron chi connectivity index (χ0n) is 14.1. The first-order chi connectivity index (χ1) is 10.5. The van der Waals surface area contributed by atoms with Crippen molar-refractivity contribution in [2.24, 2.45) is 0 Å². The number of piperazine rings is 1. The Bertz CT molecular complexity index is 580. The fraction of sp³-hybridized carbons (Fsp3) is 0.611. The molecule has 1 saturated heterocycles. The van der Waals surface area contributed by atoms with Crippen LogP contribution in [-0.2, 0) is 10.2 Å². The highest BCUT2D eigenvalue weighted by molar-refractivity contribution is 5.91. The molecule has 4 heteroatoms. The minimum atomic E-state index is -0.300. The Balaban J connectivity index is 1.85. The van der Waals surface area contributed by atoms with Crippen molar-refractivity contribution < 1.29 is 9.53 Å². The first-order valence-electron chi connectivity index (χ1n) is 8.12. The molecule has 1 saturated carbocycles. The number of methoxy groups -OCH3 is 1. The van der Waals surface area contributed by atoms with E-state index < -0.39 is 0 Å². The summed E-state index contributed by atoms with van der Waals surface area (Å²) in [6, 6.07) is 6.51. The van der Waals surface area contributed by atoms with Crippen LogP contribution in [-0.4, -0.2) is 55.5 Å². The van der Waals surface area contributed by atoms with Crippen LogP contribution in [0.2, 0.25) is 0 Å². The monoisotopic (exact) mass is 302 g/mol. The number of amides is 1. The average molecular weight is 302 g/mol. The van der Waals surface area contributed by atoms with Crippen LogP contribution in [0, 0.1) is 6.92 Å². The van der Waals surface area contributed by atoms with Crippen LogP contribution >= 0.6 is 0 Å². The van der Waals surface area contributed by atoms with Gasteiger partial charge in [-0.3, -0.25) is 4.79 Å². The summed E-state index contributed by atoms with van der Waals surface area (Å²) in [7, 11) is 3.81. The van der Waals surface area contributed by atoms with E-state index in [1.165, 1.54) is 0 Å². The van der Waals surface area contributed by atoms with Gasteiger partial charge in [-0.25, -0.2) is 0 Å². The molecule has 2 fully saturated rings. The zero-order chi connectivity index (χ0) is 15.9. The van der Waals surface area contributed by atoms with E-state index in [2.05, 4.69) is 42.0 Å². The van der Waals surface area contributed by atoms with Gasteiger partial charge in [0.1, 0.15) is 5.75 Å². The van der Waals surface area contributed by atoms with Crippen molar-refractivity contribution in [2.75, 3.05) is 33.8 Å². The van der Waals surface area contributed by atoms with Gasteiger partial charge in [-0.05, 0) is 50.9 Å². The lowest BCUT2D eigenvalue weighted by Crippen LogP contribution is -2.55. The van der Waals surface area contributed by atoms with E-state index in [9.17, 15) is 4.79 Å². The molecule has 0 bridgehead atoms. The van der Waals surface area contributed by atoms with Gasteiger partial charge < -0.3 is 14.5 Å². The molecular formula is C18H26N2O2. The van der Waals surface area contributed by atoms with Gasteiger partial charge in [0.15, 0.2) is 0 Å². The van der Waals surface area contributed by atoms with Crippen LogP contribution in [0.3, 0.4) is 0 Å². The molecule has 0 spiro atoms. The van der Waals surface area contributed by atoms with Crippen LogP contribution in [0.5, 0.6) is 5.75 Å². The molecule has 1 aliphatic carbocycles. The third-order valence-corrected chi connectivity index (χ3v) is 5.21. The van der Waals surface area contributed by atoms with E-state index in [0.29, 0.717) is 5.91 Å². The predicted molar refractivity (Wildman–Crippen MR) is 87.3 cm³/mol. The number of nitrogens with zero attached hydrogens (tertiary/aromatic N) is 2. The van der Waals surface area contributed by atoms with E-state index in [-0.39, 0.29) is 11.5 Å². The van der Waals surface area contributed by atoms with E-state index >= 15 is 0 Å². The topological polar surface area (TPSA) is 32.8 Å². The van der Waals surface area contributed by atoms with Gasteiger partial charge in [0.05, 0.1) is 12.5 Å². The lowest BCUT2D eigenvalue weighted by atomic mass is 9.92. The molecule has 120 valence electrons. The average Bonchev–Trinajstić information content (AvgIpc) is 3.29. The van der Waals surface area contributed by atoms with Crippen LogP contribution in [0.15, 0.2) is 18.2 Å². The highest BCUT2D eigenvalue weighted by atomic mass is 16.5. The van der Waals surface area contributed by atoms with Gasteiger partial charge >= 0.3 is 0 Å². The van der Waals surface area contributed by atoms with Gasteiger partial charge in [-0.15, -0.1) is 0 Å². The van der Waals surface area contributed by atoms with E-state index in [1.54, 1.807) is 7.11 Å². The molecule has 22 heavy (non-hydrogen) atoms. The molecule has 1 heterocycles. The normalized spacial score (nSPS) is 24.2. The van der Waals surface area contributed by atoms with E-state index in [4.69, 9.17) is 4.74 Å². The number of benzene rings is 1. The minimum Gasteiger partial charge on any atom is -0.496 e. The second-order valence-electron chi connectivity index (χ2n) is 6.88. The maximum absolute atomic E-state index is 13.2. The van der Waals surface area contributed by atoms with Crippen LogP contribution < -0.4 is 4.74 Å². The number of hydrogen-bond acceptors (Lipinski definition) is 3. The summed E-state index contributed by atoms with van der Waals surface area (Å²) >= 11 is 0. The van der Waals surface area contributed by atoms with Crippen molar-refractivity contribution in [3.8, 4) is 5.75 Å². The van der Waals surface area contributed by atoms with Crippen LogP contribution in [0.1, 0.15) is 30.9 Å². The van der Waals surface area contributed by atoms with Gasteiger partial charge in [0.25, 0.3) is 0 Å². The number of aryl methyl sites for hydroxylation is 1. The predicted octanol–water partition coefficient (Wildman–Crippen LogP) is 2.20. The Morgan fingerprint density at radius 3 is 2.64 bits per heavy atom. The molecule has 0 radical (unpaired) electrons. The number of carbonyl (C=O) groups is 1. The molecule has 0 aromatic heterocycles. The molecule has 1 atom stereocenters. The quantitative estimate of drug-likeness (QED) is 0.858. The highest BCUT2D eigenvalue weighted by Gasteiger charge is 2.54. The highest BCUT2D eigenvalue weighted by Crippen LogP contribution is 2.50. The summed E-state index contributed by atoms with van der Waals surface area (Å²) < 4.78 is 5.44. The number of hydrogen-bond donors (Lipinski definition) is 0. The third-order valence-electron chi connectivity index (χ3n) is 5.21. The fourth-order valence-corrected chi connectivity index (χ4v) is 3.59. The SMILES string of the molecule is COc1cc(C2(C(=O)N3CCN(C)C[C@H]3C)CC2)ccc1C. The van der Waals surface area contributed by atoms with Gasteiger partial charge in [0.2, 0.25) is 5.91 Å². The minimum absolute atomic E-state index is 0.288. The second-order valence-corrected chi connectivity index (χ2v) is 6.88. The molecule has 4 nitrogen and oxygen atoms in total. The van der Waals surface area contributed by atoms with Crippen LogP contribution in [0.25, 0.3) is 0 Å². The Labute approximate surface area is 133 Å². The van der Waals surface area contributed by atoms with Crippen molar-refractivity contribution in [1.29, 1.82) is 0 Å². The van der Waals surface area contributed by atoms with Gasteiger partial charge in [-0.2, -0.15) is 0 Å². The van der Waals surface area contributed by atoms with Crippen molar-refractivity contribution >= 4 is 5.91 Å². The maximum Gasteiger partial charge on any atom is 0.233 e. The molecule has 1 aromatic carbocycles. The Morgan fingerprint density at radius 1 is 1.32 bits per heavy atom. The Hall–Kier alpha value is -1.55. The molecule has 2 aliphatic rings. The van der Waals surface area contributed by atoms with E-state index in [1.807, 2.05) is 6.92 Å². The first kappa shape index (κ1) is 15.3. The summed E-state index contributed by atoms with van der Waals surface area (Å²) in [5.41, 5.74) is 1.93. The van der Waals surface area contributed by atoms with Gasteiger partial charge in [0, 0.05) is 25.7 Å². The van der Waals surface area contributed by atoms with Crippen molar-refractivity contribution in [1.82, 2.24) is 9.80 Å². The Kier molecular flexibility index (Phi) is 3.89. The lowest BCUT2D eigenvalue weighted by Gasteiger charge is -2.40. The zero-order valence-corrected chi connectivity index (χ0v) is 14.1. The van der Waals surface area contributed by atoms with Crippen LogP contribution in [0.4, 0.5) is 0 Å². The smallest absolute Gasteiger partial charge is 0.233 e. The Morgan fingerprint density at radius 2 is 2.05 bits per heavy atom. The summed E-state index contributed by atoms with van der Waals surface area (Å²) in [6.07, 6.45) is 1.91. The summed E-state index contributed by atoms with van der Waals surface area (Å²) in [6.45, 7) is 6.94. The molecule has 1 aliphatic heterocycles. The van der Waals surface area contributed by atoms with E-state index in [0.717, 1.165) is 49.4 Å². The molecule has 1 amide bonds. The molecule has 0 N–H and O–H groups in total. The molecular weight excluding hydrogens is 276 g/mol. The summed E-state index contributed by atoms with van der Waals surface area (Å²) in [5.74, 6) is 1.18. The third kappa shape index (κ3) is 2.50. The van der Waals surface area contributed by atoms with Crippen molar-refractivity contribution in [2.45, 2.75) is 38.1 Å². The molecule has 0 unspecified atom stereocenters.